The van der Waals surface area contributed by atoms with Crippen LogP contribution < -0.4 is 0 Å². The average molecular weight is 141 g/mol. The molecule has 0 aromatic heterocycles. The molecular weight excluding hydrogens is 133 g/mol. The first-order valence-corrected chi connectivity index (χ1v) is 2.52. The summed E-state index contributed by atoms with van der Waals surface area (Å²) in [5.41, 5.74) is 0. The Bertz CT molecular complexity index is 82.3. The first kappa shape index (κ1) is 8.75. The van der Waals surface area contributed by atoms with Crippen LogP contribution >= 0.6 is 0 Å². The van der Waals surface area contributed by atoms with Gasteiger partial charge in [0.25, 0.3) is 5.85 Å². The van der Waals surface area contributed by atoms with E-state index in [9.17, 15) is 13.2 Å². The molecule has 1 atom stereocenters. The molecule has 0 spiro atoms. The topological polar surface area (TPSA) is 9.23 Å². The van der Waals surface area contributed by atoms with Crippen molar-refractivity contribution in [2.75, 3.05) is 6.61 Å². The van der Waals surface area contributed by atoms with Crippen molar-refractivity contribution < 1.29 is 17.9 Å². The lowest BCUT2D eigenvalue weighted by atomic mass is 10.4. The van der Waals surface area contributed by atoms with E-state index in [1.54, 1.807) is 0 Å². The van der Waals surface area contributed by atoms with Gasteiger partial charge in [0.05, 0.1) is 0 Å². The molecule has 0 rings (SSSR count). The van der Waals surface area contributed by atoms with Gasteiger partial charge >= 0.3 is 6.43 Å². The minimum absolute atomic E-state index is 0.0651. The second kappa shape index (κ2) is 3.06. The van der Waals surface area contributed by atoms with Crippen LogP contribution in [-0.2, 0) is 4.74 Å². The number of hydrogen-bond acceptors (Lipinski definition) is 1. The van der Waals surface area contributed by atoms with Crippen LogP contribution in [0.1, 0.15) is 13.8 Å². The molecule has 0 aliphatic heterocycles. The van der Waals surface area contributed by atoms with Crippen molar-refractivity contribution in [3.8, 4) is 0 Å². The van der Waals surface area contributed by atoms with E-state index in [1.165, 1.54) is 6.92 Å². The molecule has 0 aliphatic carbocycles. The zero-order chi connectivity index (χ0) is 7.49. The molecule has 0 aromatic carbocycles. The molecule has 0 saturated heterocycles. The van der Waals surface area contributed by atoms with Gasteiger partial charge in [0.15, 0.2) is 0 Å². The summed E-state index contributed by atoms with van der Waals surface area (Å²) in [7, 11) is 0. The molecule has 0 fully saturated rings. The second-order valence-electron chi connectivity index (χ2n) is 1.61. The van der Waals surface area contributed by atoms with Crippen molar-refractivity contribution in [1.82, 2.24) is 0 Å². The molecule has 1 unspecified atom stereocenters. The Hall–Kier alpha value is -0.250. The number of halogens is 3. The van der Waals surface area contributed by atoms with Crippen LogP contribution in [0, 0.1) is 6.43 Å². The van der Waals surface area contributed by atoms with Crippen LogP contribution in [0.4, 0.5) is 13.2 Å². The number of rotatable bonds is 3. The number of hydrogen-bond donors (Lipinski definition) is 0. The SMILES string of the molecule is CCOC(C)(F)[C](F)F. The van der Waals surface area contributed by atoms with Gasteiger partial charge in [-0.2, -0.15) is 8.78 Å². The van der Waals surface area contributed by atoms with E-state index >= 15 is 0 Å². The normalized spacial score (nSPS) is 18.0. The van der Waals surface area contributed by atoms with Crippen LogP contribution in [0.2, 0.25) is 0 Å². The smallest absolute Gasteiger partial charge is 0.342 e. The molecule has 0 aromatic rings. The third-order valence-electron chi connectivity index (χ3n) is 0.753. The number of alkyl halides is 1. The summed E-state index contributed by atoms with van der Waals surface area (Å²) in [6.45, 7) is 2.05. The molecule has 0 heterocycles. The third kappa shape index (κ3) is 2.70. The van der Waals surface area contributed by atoms with Crippen molar-refractivity contribution >= 4 is 0 Å². The quantitative estimate of drug-likeness (QED) is 0.585. The lowest BCUT2D eigenvalue weighted by Crippen LogP contribution is -2.26. The zero-order valence-corrected chi connectivity index (χ0v) is 5.25. The summed E-state index contributed by atoms with van der Waals surface area (Å²) < 4.78 is 39.1. The number of ether oxygens (including phenoxy) is 1. The zero-order valence-electron chi connectivity index (χ0n) is 5.25. The van der Waals surface area contributed by atoms with Crippen molar-refractivity contribution in [2.24, 2.45) is 0 Å². The van der Waals surface area contributed by atoms with E-state index in [-0.39, 0.29) is 6.61 Å². The van der Waals surface area contributed by atoms with Crippen LogP contribution in [0.15, 0.2) is 0 Å². The molecule has 0 aliphatic rings. The fourth-order valence-electron chi connectivity index (χ4n) is 0.326. The summed E-state index contributed by atoms with van der Waals surface area (Å²) in [5.74, 6) is -2.87. The van der Waals surface area contributed by atoms with E-state index in [2.05, 4.69) is 4.74 Å². The molecular formula is C5H8F3O. The summed E-state index contributed by atoms with van der Waals surface area (Å²) >= 11 is 0. The minimum Gasteiger partial charge on any atom is -0.342 e. The van der Waals surface area contributed by atoms with E-state index in [0.29, 0.717) is 6.92 Å². The second-order valence-corrected chi connectivity index (χ2v) is 1.61. The van der Waals surface area contributed by atoms with Gasteiger partial charge in [-0.25, -0.2) is 4.39 Å². The molecule has 0 saturated carbocycles. The van der Waals surface area contributed by atoms with Crippen molar-refractivity contribution in [1.29, 1.82) is 0 Å². The van der Waals surface area contributed by atoms with E-state index in [0.717, 1.165) is 0 Å². The largest absolute Gasteiger partial charge is 0.372 e. The molecule has 9 heavy (non-hydrogen) atoms. The highest BCUT2D eigenvalue weighted by atomic mass is 19.3. The maximum absolute atomic E-state index is 12.2. The predicted molar refractivity (Wildman–Crippen MR) is 26.6 cm³/mol. The van der Waals surface area contributed by atoms with Gasteiger partial charge in [0.1, 0.15) is 0 Å². The van der Waals surface area contributed by atoms with Gasteiger partial charge in [0.2, 0.25) is 0 Å². The molecule has 0 bridgehead atoms. The van der Waals surface area contributed by atoms with Crippen molar-refractivity contribution in [3.63, 3.8) is 0 Å². The van der Waals surface area contributed by atoms with Crippen LogP contribution in [0.3, 0.4) is 0 Å². The molecule has 55 valence electrons. The van der Waals surface area contributed by atoms with Gasteiger partial charge in [-0.3, -0.25) is 0 Å². The Morgan fingerprint density at radius 1 is 1.56 bits per heavy atom. The fourth-order valence-corrected chi connectivity index (χ4v) is 0.326. The standard InChI is InChI=1S/C5H8F3O/c1-3-9-5(2,8)4(6)7/h3H2,1-2H3. The van der Waals surface area contributed by atoms with E-state index in [4.69, 9.17) is 0 Å². The molecule has 0 N–H and O–H groups in total. The van der Waals surface area contributed by atoms with Crippen molar-refractivity contribution in [2.45, 2.75) is 19.7 Å². The van der Waals surface area contributed by atoms with Gasteiger partial charge in [0, 0.05) is 13.5 Å². The maximum Gasteiger partial charge on any atom is 0.372 e. The Labute approximate surface area is 51.8 Å². The van der Waals surface area contributed by atoms with Crippen LogP contribution in [-0.4, -0.2) is 12.5 Å². The monoisotopic (exact) mass is 141 g/mol. The van der Waals surface area contributed by atoms with Gasteiger partial charge in [-0.1, -0.05) is 0 Å². The highest BCUT2D eigenvalue weighted by Gasteiger charge is 2.37. The van der Waals surface area contributed by atoms with E-state index < -0.39 is 12.3 Å². The van der Waals surface area contributed by atoms with Crippen LogP contribution in [0.5, 0.6) is 0 Å². The minimum atomic E-state index is -2.87. The highest BCUT2D eigenvalue weighted by Crippen LogP contribution is 2.27. The van der Waals surface area contributed by atoms with Crippen molar-refractivity contribution in [3.05, 3.63) is 6.43 Å². The summed E-state index contributed by atoms with van der Waals surface area (Å²) in [5, 5.41) is 0. The highest BCUT2D eigenvalue weighted by molar-refractivity contribution is 4.78. The predicted octanol–water partition coefficient (Wildman–Crippen LogP) is 2.14. The van der Waals surface area contributed by atoms with Gasteiger partial charge < -0.3 is 4.74 Å². The summed E-state index contributed by atoms with van der Waals surface area (Å²) in [6.07, 6.45) is -2.34. The third-order valence-corrected chi connectivity index (χ3v) is 0.753. The molecule has 0 amide bonds. The Kier molecular flexibility index (Phi) is 2.97. The van der Waals surface area contributed by atoms with Crippen LogP contribution in [0.25, 0.3) is 0 Å². The maximum atomic E-state index is 12.2. The average Bonchev–Trinajstić information content (AvgIpc) is 1.65. The van der Waals surface area contributed by atoms with Gasteiger partial charge in [-0.15, -0.1) is 0 Å². The van der Waals surface area contributed by atoms with Gasteiger partial charge in [-0.05, 0) is 6.92 Å². The summed E-state index contributed by atoms with van der Waals surface area (Å²) in [4.78, 5) is 0. The molecule has 1 radical (unpaired) electrons. The Morgan fingerprint density at radius 2 is 2.00 bits per heavy atom. The summed E-state index contributed by atoms with van der Waals surface area (Å²) in [6, 6.07) is 0. The lowest BCUT2D eigenvalue weighted by molar-refractivity contribution is -0.158. The molecule has 1 nitrogen and oxygen atoms in total. The van der Waals surface area contributed by atoms with E-state index in [1.807, 2.05) is 0 Å². The first-order chi connectivity index (χ1) is 4.00. The first-order valence-electron chi connectivity index (χ1n) is 2.52. The Balaban J connectivity index is 3.70. The lowest BCUT2D eigenvalue weighted by Gasteiger charge is -2.16. The fraction of sp³-hybridized carbons (Fsp3) is 0.800. The molecule has 4 heteroatoms. The Morgan fingerprint density at radius 3 is 2.11 bits per heavy atom.